The van der Waals surface area contributed by atoms with Crippen LogP contribution in [0, 0.1) is 3.57 Å². The number of nitrogens with zero attached hydrogens (tertiary/aromatic N) is 3. The van der Waals surface area contributed by atoms with Gasteiger partial charge < -0.3 is 0 Å². The molecule has 2 aromatic heterocycles. The van der Waals surface area contributed by atoms with Crippen LogP contribution in [0.15, 0.2) is 41.2 Å². The van der Waals surface area contributed by atoms with Crippen LogP contribution >= 0.6 is 34.2 Å². The van der Waals surface area contributed by atoms with Crippen molar-refractivity contribution in [2.24, 2.45) is 0 Å². The van der Waals surface area contributed by atoms with E-state index in [-0.39, 0.29) is 23.4 Å². The minimum absolute atomic E-state index is 0.219. The molecular weight excluding hydrogens is 541 g/mol. The van der Waals surface area contributed by atoms with Crippen molar-refractivity contribution in [2.45, 2.75) is 26.3 Å². The molecule has 1 aliphatic heterocycles. The van der Waals surface area contributed by atoms with Gasteiger partial charge in [0.25, 0.3) is 17.4 Å². The van der Waals surface area contributed by atoms with E-state index >= 15 is 0 Å². The molecule has 0 aliphatic carbocycles. The fraction of sp³-hybridized carbons (Fsp3) is 0.167. The van der Waals surface area contributed by atoms with Crippen molar-refractivity contribution >= 4 is 84.2 Å². The summed E-state index contributed by atoms with van der Waals surface area (Å²) in [6.45, 7) is 3.81. The van der Waals surface area contributed by atoms with Crippen LogP contribution in [0.25, 0.3) is 38.2 Å². The highest BCUT2D eigenvalue weighted by molar-refractivity contribution is 14.1. The van der Waals surface area contributed by atoms with Gasteiger partial charge in [-0.2, -0.15) is 0 Å². The summed E-state index contributed by atoms with van der Waals surface area (Å²) >= 11 is 8.46. The van der Waals surface area contributed by atoms with Crippen molar-refractivity contribution in [3.63, 3.8) is 0 Å². The summed E-state index contributed by atoms with van der Waals surface area (Å²) < 4.78 is 2.41. The van der Waals surface area contributed by atoms with E-state index in [4.69, 9.17) is 16.6 Å². The third-order valence-corrected chi connectivity index (χ3v) is 7.99. The van der Waals surface area contributed by atoms with Crippen LogP contribution in [-0.4, -0.2) is 32.1 Å². The molecule has 32 heavy (non-hydrogen) atoms. The Morgan fingerprint density at radius 3 is 2.31 bits per heavy atom. The molecule has 3 heterocycles. The molecule has 8 heteroatoms. The highest BCUT2D eigenvalue weighted by Crippen LogP contribution is 2.38. The molecule has 1 unspecified atom stereocenters. The number of fused-ring (bicyclic) bond motifs is 4. The second kappa shape index (κ2) is 6.62. The van der Waals surface area contributed by atoms with Gasteiger partial charge in [0.15, 0.2) is 0 Å². The molecule has 1 aliphatic rings. The standard InChI is InChI=1S/C24H15ClIN3O3/c1-3-10(2)28-22(30)13-5-4-11-19-12(6-7-14(20(13)19)23(28)31)24(32)29-18-8-15(25)16(26)9-17(18)27-21(11)29/h4-10H,3H2,1-2H3. The number of rotatable bonds is 2. The lowest BCUT2D eigenvalue weighted by Gasteiger charge is -2.31. The van der Waals surface area contributed by atoms with Crippen LogP contribution in [0.5, 0.6) is 0 Å². The number of benzene rings is 3. The van der Waals surface area contributed by atoms with Crippen molar-refractivity contribution in [3.8, 4) is 0 Å². The van der Waals surface area contributed by atoms with Gasteiger partial charge in [0.2, 0.25) is 0 Å². The second-order valence-electron chi connectivity index (χ2n) is 8.14. The van der Waals surface area contributed by atoms with Gasteiger partial charge in [-0.15, -0.1) is 0 Å². The van der Waals surface area contributed by atoms with Crippen LogP contribution < -0.4 is 5.56 Å². The van der Waals surface area contributed by atoms with E-state index < -0.39 is 0 Å². The summed E-state index contributed by atoms with van der Waals surface area (Å²) in [7, 11) is 0. The van der Waals surface area contributed by atoms with E-state index in [0.717, 1.165) is 8.96 Å². The number of carbonyl (C=O) groups is 2. The van der Waals surface area contributed by atoms with Crippen LogP contribution in [0.1, 0.15) is 41.0 Å². The molecule has 0 saturated heterocycles. The molecule has 2 amide bonds. The van der Waals surface area contributed by atoms with Gasteiger partial charge in [-0.1, -0.05) is 18.5 Å². The fourth-order valence-electron chi connectivity index (χ4n) is 4.73. The van der Waals surface area contributed by atoms with E-state index in [1.165, 1.54) is 4.90 Å². The maximum atomic E-state index is 13.6. The number of amides is 2. The first kappa shape index (κ1) is 19.9. The molecule has 3 aromatic carbocycles. The average Bonchev–Trinajstić information content (AvgIpc) is 3.14. The number of imidazole rings is 1. The first-order chi connectivity index (χ1) is 15.3. The monoisotopic (exact) mass is 555 g/mol. The van der Waals surface area contributed by atoms with Gasteiger partial charge in [0.1, 0.15) is 5.65 Å². The molecule has 6 rings (SSSR count). The Morgan fingerprint density at radius 2 is 1.66 bits per heavy atom. The summed E-state index contributed by atoms with van der Waals surface area (Å²) in [5.41, 5.74) is 2.41. The SMILES string of the molecule is CCC(C)N1C(=O)c2ccc3c(=O)n4c5cc(Cl)c(I)cc5nc4c4ccc(c2c34)C1=O. The second-order valence-corrected chi connectivity index (χ2v) is 9.71. The highest BCUT2D eigenvalue weighted by Gasteiger charge is 2.36. The minimum atomic E-state index is -0.326. The zero-order chi connectivity index (χ0) is 22.5. The summed E-state index contributed by atoms with van der Waals surface area (Å²) in [5.74, 6) is -0.651. The Labute approximate surface area is 200 Å². The number of pyridine rings is 1. The van der Waals surface area contributed by atoms with Crippen molar-refractivity contribution in [3.05, 3.63) is 66.5 Å². The highest BCUT2D eigenvalue weighted by atomic mass is 127. The van der Waals surface area contributed by atoms with Crippen LogP contribution in [0.2, 0.25) is 5.02 Å². The van der Waals surface area contributed by atoms with E-state index in [9.17, 15) is 14.4 Å². The molecule has 0 radical (unpaired) electrons. The predicted octanol–water partition coefficient (Wildman–Crippen LogP) is 5.24. The molecule has 6 nitrogen and oxygen atoms in total. The number of halogens is 2. The number of hydrogen-bond donors (Lipinski definition) is 0. The van der Waals surface area contributed by atoms with Gasteiger partial charge in [-0.25, -0.2) is 4.98 Å². The van der Waals surface area contributed by atoms with E-state index in [1.807, 2.05) is 26.0 Å². The summed E-state index contributed by atoms with van der Waals surface area (Å²) in [6.07, 6.45) is 0.663. The van der Waals surface area contributed by atoms with Gasteiger partial charge in [-0.3, -0.25) is 23.7 Å². The lowest BCUT2D eigenvalue weighted by molar-refractivity contribution is 0.0548. The Kier molecular flexibility index (Phi) is 4.11. The molecular formula is C24H15ClIN3O3. The van der Waals surface area contributed by atoms with Crippen molar-refractivity contribution in [1.82, 2.24) is 14.3 Å². The molecule has 158 valence electrons. The summed E-state index contributed by atoms with van der Waals surface area (Å²) in [6, 6.07) is 10.3. The quantitative estimate of drug-likeness (QED) is 0.221. The molecule has 1 atom stereocenters. The summed E-state index contributed by atoms with van der Waals surface area (Å²) in [4.78, 5) is 46.2. The van der Waals surface area contributed by atoms with E-state index in [0.29, 0.717) is 55.4 Å². The zero-order valence-electron chi connectivity index (χ0n) is 17.1. The maximum Gasteiger partial charge on any atom is 0.264 e. The number of imide groups is 1. The third kappa shape index (κ3) is 2.35. The Hall–Kier alpha value is -2.78. The average molecular weight is 556 g/mol. The molecule has 0 bridgehead atoms. The normalized spacial score (nSPS) is 15.1. The minimum Gasteiger partial charge on any atom is -0.272 e. The Morgan fingerprint density at radius 1 is 1.00 bits per heavy atom. The van der Waals surface area contributed by atoms with Gasteiger partial charge >= 0.3 is 0 Å². The van der Waals surface area contributed by atoms with Gasteiger partial charge in [-0.05, 0) is 72.3 Å². The number of aromatic nitrogens is 2. The van der Waals surface area contributed by atoms with Gasteiger partial charge in [0, 0.05) is 42.3 Å². The molecule has 5 aromatic rings. The Balaban J connectivity index is 1.81. The molecule has 0 spiro atoms. The maximum absolute atomic E-state index is 13.6. The smallest absolute Gasteiger partial charge is 0.264 e. The number of hydrogen-bond acceptors (Lipinski definition) is 4. The van der Waals surface area contributed by atoms with E-state index in [2.05, 4.69) is 22.6 Å². The lowest BCUT2D eigenvalue weighted by atomic mass is 9.89. The third-order valence-electron chi connectivity index (χ3n) is 6.46. The predicted molar refractivity (Wildman–Crippen MR) is 133 cm³/mol. The van der Waals surface area contributed by atoms with Crippen LogP contribution in [-0.2, 0) is 0 Å². The van der Waals surface area contributed by atoms with Crippen molar-refractivity contribution in [2.75, 3.05) is 0 Å². The van der Waals surface area contributed by atoms with Gasteiger partial charge in [0.05, 0.1) is 16.1 Å². The largest absolute Gasteiger partial charge is 0.272 e. The topological polar surface area (TPSA) is 71.8 Å². The Bertz CT molecular complexity index is 1700. The first-order valence-corrected chi connectivity index (χ1v) is 11.7. The zero-order valence-corrected chi connectivity index (χ0v) is 20.0. The number of carbonyl (C=O) groups excluding carboxylic acids is 2. The van der Waals surface area contributed by atoms with Crippen LogP contribution in [0.4, 0.5) is 0 Å². The fourth-order valence-corrected chi connectivity index (χ4v) is 5.34. The summed E-state index contributed by atoms with van der Waals surface area (Å²) in [5, 5.41) is 2.86. The van der Waals surface area contributed by atoms with E-state index in [1.54, 1.807) is 28.7 Å². The van der Waals surface area contributed by atoms with Crippen LogP contribution in [0.3, 0.4) is 0 Å². The lowest BCUT2D eigenvalue weighted by Crippen LogP contribution is -2.45. The molecule has 0 fully saturated rings. The van der Waals surface area contributed by atoms with Crippen molar-refractivity contribution in [1.29, 1.82) is 0 Å². The first-order valence-electron chi connectivity index (χ1n) is 10.2. The molecule has 0 N–H and O–H groups in total. The van der Waals surface area contributed by atoms with Crippen molar-refractivity contribution < 1.29 is 9.59 Å². The molecule has 0 saturated carbocycles.